The van der Waals surface area contributed by atoms with Crippen LogP contribution in [0.25, 0.3) is 10.9 Å². The molecule has 1 aromatic carbocycles. The van der Waals surface area contributed by atoms with Crippen molar-refractivity contribution in [2.45, 2.75) is 38.3 Å². The topological polar surface area (TPSA) is 118 Å². The number of hydrogen-bond donors (Lipinski definition) is 2. The van der Waals surface area contributed by atoms with E-state index in [4.69, 9.17) is 21.1 Å². The van der Waals surface area contributed by atoms with E-state index in [2.05, 4.69) is 0 Å². The van der Waals surface area contributed by atoms with Crippen molar-refractivity contribution in [3.63, 3.8) is 0 Å². The molecule has 30 heavy (non-hydrogen) atoms. The highest BCUT2D eigenvalue weighted by Gasteiger charge is 2.35. The molecule has 4 N–H and O–H groups in total. The van der Waals surface area contributed by atoms with Gasteiger partial charge in [0.25, 0.3) is 5.56 Å². The standard InChI is InChI=1S/C20H28FN5O4/c1-3-30-10-15(22)11-6-7-24(9-11)17-14(21)8-13-16(18(17)29-2)25(12-4-5-12)20(28)26(23)19(13)27/h8,11-12,15H,3-7,9-10,22-23H2,1-2H3/t11?,15-/m0/s1. The molecule has 1 aromatic heterocycles. The highest BCUT2D eigenvalue weighted by atomic mass is 19.1. The number of ether oxygens (including phenoxy) is 2. The quantitative estimate of drug-likeness (QED) is 0.627. The molecule has 2 heterocycles. The second kappa shape index (κ2) is 7.92. The van der Waals surface area contributed by atoms with Gasteiger partial charge >= 0.3 is 5.69 Å². The fourth-order valence-corrected chi connectivity index (χ4v) is 4.33. The lowest BCUT2D eigenvalue weighted by molar-refractivity contribution is 0.119. The van der Waals surface area contributed by atoms with Gasteiger partial charge in [-0.1, -0.05) is 0 Å². The summed E-state index contributed by atoms with van der Waals surface area (Å²) in [7, 11) is 1.42. The summed E-state index contributed by atoms with van der Waals surface area (Å²) in [6, 6.07) is 0.928. The zero-order chi connectivity index (χ0) is 21.6. The Kier molecular flexibility index (Phi) is 5.46. The molecule has 1 unspecified atom stereocenters. The third kappa shape index (κ3) is 3.33. The maximum Gasteiger partial charge on any atom is 0.350 e. The summed E-state index contributed by atoms with van der Waals surface area (Å²) in [6.45, 7) is 4.08. The van der Waals surface area contributed by atoms with Crippen LogP contribution in [-0.2, 0) is 4.74 Å². The van der Waals surface area contributed by atoms with Crippen LogP contribution in [0.4, 0.5) is 10.1 Å². The Labute approximate surface area is 172 Å². The minimum absolute atomic E-state index is 0.0332. The van der Waals surface area contributed by atoms with E-state index in [1.54, 1.807) is 0 Å². The molecule has 1 aliphatic carbocycles. The maximum absolute atomic E-state index is 15.3. The molecule has 1 aliphatic heterocycles. The zero-order valence-electron chi connectivity index (χ0n) is 17.3. The first-order valence-electron chi connectivity index (χ1n) is 10.3. The fourth-order valence-electron chi connectivity index (χ4n) is 4.33. The van der Waals surface area contributed by atoms with Crippen LogP contribution in [0, 0.1) is 11.7 Å². The number of nitrogens with zero attached hydrogens (tertiary/aromatic N) is 3. The molecular formula is C20H28FN5O4. The van der Waals surface area contributed by atoms with E-state index >= 15 is 4.39 Å². The third-order valence-corrected chi connectivity index (χ3v) is 6.06. The Morgan fingerprint density at radius 1 is 1.30 bits per heavy atom. The summed E-state index contributed by atoms with van der Waals surface area (Å²) in [5.74, 6) is 5.42. The molecule has 4 rings (SSSR count). The first-order chi connectivity index (χ1) is 14.4. The molecule has 0 spiro atoms. The molecule has 10 heteroatoms. The van der Waals surface area contributed by atoms with Crippen LogP contribution >= 0.6 is 0 Å². The van der Waals surface area contributed by atoms with E-state index in [1.807, 2.05) is 11.8 Å². The lowest BCUT2D eigenvalue weighted by Crippen LogP contribution is -2.44. The number of nitrogen functional groups attached to an aromatic ring is 1. The van der Waals surface area contributed by atoms with Crippen LogP contribution in [0.5, 0.6) is 5.75 Å². The first-order valence-corrected chi connectivity index (χ1v) is 10.3. The van der Waals surface area contributed by atoms with Gasteiger partial charge in [-0.2, -0.15) is 4.68 Å². The third-order valence-electron chi connectivity index (χ3n) is 6.06. The molecular weight excluding hydrogens is 393 g/mol. The summed E-state index contributed by atoms with van der Waals surface area (Å²) >= 11 is 0. The van der Waals surface area contributed by atoms with Crippen molar-refractivity contribution in [3.05, 3.63) is 32.7 Å². The predicted molar refractivity (Wildman–Crippen MR) is 112 cm³/mol. The van der Waals surface area contributed by atoms with Gasteiger partial charge in [-0.05, 0) is 38.2 Å². The number of fused-ring (bicyclic) bond motifs is 1. The Morgan fingerprint density at radius 2 is 2.03 bits per heavy atom. The van der Waals surface area contributed by atoms with Gasteiger partial charge in [0.2, 0.25) is 0 Å². The Morgan fingerprint density at radius 3 is 2.67 bits per heavy atom. The highest BCUT2D eigenvalue weighted by Crippen LogP contribution is 2.43. The van der Waals surface area contributed by atoms with Crippen molar-refractivity contribution in [2.75, 3.05) is 44.2 Å². The summed E-state index contributed by atoms with van der Waals surface area (Å²) < 4.78 is 28.3. The van der Waals surface area contributed by atoms with E-state index in [9.17, 15) is 9.59 Å². The van der Waals surface area contributed by atoms with E-state index in [0.717, 1.165) is 25.3 Å². The van der Waals surface area contributed by atoms with Crippen LogP contribution in [-0.4, -0.2) is 48.7 Å². The van der Waals surface area contributed by atoms with Crippen molar-refractivity contribution in [1.29, 1.82) is 0 Å². The molecule has 0 amide bonds. The summed E-state index contributed by atoms with van der Waals surface area (Å²) in [5.41, 5.74) is 5.44. The zero-order valence-corrected chi connectivity index (χ0v) is 17.3. The lowest BCUT2D eigenvalue weighted by atomic mass is 10.0. The number of nitrogens with two attached hydrogens (primary N) is 2. The van der Waals surface area contributed by atoms with Crippen molar-refractivity contribution in [2.24, 2.45) is 11.7 Å². The van der Waals surface area contributed by atoms with Crippen molar-refractivity contribution >= 4 is 16.6 Å². The summed E-state index contributed by atoms with van der Waals surface area (Å²) in [4.78, 5) is 27.2. The van der Waals surface area contributed by atoms with Gasteiger partial charge < -0.3 is 25.9 Å². The predicted octanol–water partition coefficient (Wildman–Crippen LogP) is 0.550. The van der Waals surface area contributed by atoms with Crippen molar-refractivity contribution in [3.8, 4) is 5.75 Å². The van der Waals surface area contributed by atoms with Crippen LogP contribution in [0.3, 0.4) is 0 Å². The molecule has 0 bridgehead atoms. The monoisotopic (exact) mass is 421 g/mol. The van der Waals surface area contributed by atoms with E-state index in [0.29, 0.717) is 36.5 Å². The Hall–Kier alpha value is -2.59. The largest absolute Gasteiger partial charge is 0.492 e. The van der Waals surface area contributed by atoms with Crippen LogP contribution in [0.15, 0.2) is 15.7 Å². The van der Waals surface area contributed by atoms with Gasteiger partial charge in [0, 0.05) is 31.8 Å². The van der Waals surface area contributed by atoms with Gasteiger partial charge in [-0.25, -0.2) is 9.18 Å². The molecule has 164 valence electrons. The number of benzene rings is 1. The van der Waals surface area contributed by atoms with Gasteiger partial charge in [0.05, 0.1) is 19.1 Å². The minimum atomic E-state index is -0.742. The second-order valence-corrected chi connectivity index (χ2v) is 8.01. The average molecular weight is 421 g/mol. The number of methoxy groups -OCH3 is 1. The van der Waals surface area contributed by atoms with E-state index in [-0.39, 0.29) is 34.8 Å². The molecule has 2 aromatic rings. The van der Waals surface area contributed by atoms with Crippen LogP contribution in [0.1, 0.15) is 32.2 Å². The molecule has 2 fully saturated rings. The molecule has 1 saturated carbocycles. The van der Waals surface area contributed by atoms with Crippen LogP contribution in [0.2, 0.25) is 0 Å². The lowest BCUT2D eigenvalue weighted by Gasteiger charge is -2.25. The normalized spacial score (nSPS) is 20.1. The molecule has 1 saturated heterocycles. The molecule has 0 radical (unpaired) electrons. The summed E-state index contributed by atoms with van der Waals surface area (Å²) in [5, 5.41) is 0.0332. The maximum atomic E-state index is 15.3. The minimum Gasteiger partial charge on any atom is -0.492 e. The highest BCUT2D eigenvalue weighted by molar-refractivity contribution is 5.91. The number of rotatable bonds is 7. The van der Waals surface area contributed by atoms with E-state index in [1.165, 1.54) is 11.7 Å². The molecule has 2 aliphatic rings. The van der Waals surface area contributed by atoms with Crippen molar-refractivity contribution < 1.29 is 13.9 Å². The Bertz CT molecular complexity index is 1080. The fraction of sp³-hybridized carbons (Fsp3) is 0.600. The van der Waals surface area contributed by atoms with Crippen LogP contribution < -0.4 is 32.5 Å². The average Bonchev–Trinajstić information content (AvgIpc) is 3.45. The van der Waals surface area contributed by atoms with Gasteiger partial charge in [0.15, 0.2) is 11.6 Å². The second-order valence-electron chi connectivity index (χ2n) is 8.01. The molecule has 9 nitrogen and oxygen atoms in total. The summed E-state index contributed by atoms with van der Waals surface area (Å²) in [6.07, 6.45) is 2.37. The smallest absolute Gasteiger partial charge is 0.350 e. The number of hydrogen-bond acceptors (Lipinski definition) is 7. The number of halogens is 1. The van der Waals surface area contributed by atoms with Gasteiger partial charge in [0.1, 0.15) is 11.2 Å². The molecule has 2 atom stereocenters. The van der Waals surface area contributed by atoms with Gasteiger partial charge in [-0.3, -0.25) is 9.36 Å². The number of anilines is 1. The Balaban J connectivity index is 1.83. The van der Waals surface area contributed by atoms with Crippen molar-refractivity contribution in [1.82, 2.24) is 9.24 Å². The number of aromatic nitrogens is 2. The van der Waals surface area contributed by atoms with E-state index < -0.39 is 17.1 Å². The first kappa shape index (κ1) is 20.7. The van der Waals surface area contributed by atoms with Gasteiger partial charge in [-0.15, -0.1) is 0 Å². The SMILES string of the molecule is CCOC[C@H](N)C1CCN(c2c(F)cc3c(=O)n(N)c(=O)n(C4CC4)c3c2OC)C1.